The van der Waals surface area contributed by atoms with Gasteiger partial charge in [0, 0.05) is 17.9 Å². The van der Waals surface area contributed by atoms with E-state index in [1.807, 2.05) is 0 Å². The highest BCUT2D eigenvalue weighted by Gasteiger charge is 2.70. The van der Waals surface area contributed by atoms with Crippen LogP contribution in [0.1, 0.15) is 113 Å². The minimum atomic E-state index is -0.411. The van der Waals surface area contributed by atoms with Crippen LogP contribution in [0.15, 0.2) is 11.6 Å². The van der Waals surface area contributed by atoms with Gasteiger partial charge in [-0.15, -0.1) is 0 Å². The summed E-state index contributed by atoms with van der Waals surface area (Å²) in [6, 6.07) is 0. The zero-order chi connectivity index (χ0) is 27.9. The normalized spacial score (nSPS) is 49.6. The number of carbonyl (C=O) groups excluding carboxylic acids is 2. The molecular weight excluding hydrogens is 472 g/mol. The first kappa shape index (κ1) is 28.3. The highest BCUT2D eigenvalue weighted by Crippen LogP contribution is 2.75. The summed E-state index contributed by atoms with van der Waals surface area (Å²) in [6.07, 6.45) is 11.5. The largest absolute Gasteiger partial charge is 0.393 e. The summed E-state index contributed by atoms with van der Waals surface area (Å²) in [6.45, 7) is 17.5. The Labute approximate surface area is 231 Å². The van der Waals surface area contributed by atoms with Gasteiger partial charge in [0.05, 0.1) is 6.10 Å². The lowest BCUT2D eigenvalue weighted by atomic mass is 9.33. The lowest BCUT2D eigenvalue weighted by molar-refractivity contribution is -0.202. The standard InChI is InChI=1S/C33H54N2O3/c1-28(2)24-9-12-33(7)26(31(24,5)11-10-25(28)37)23(36)19-21-22-20-30(4,27(38)35-18-8-17-34)14-13-29(22,3)15-16-32(21,33)6/h19,22,24-26,37H,8-18,20,34H2,1-7H3,(H,35,38)/t22-,24-,25-,26+,29+,30-,31-,32+,33+/m0/s1. The van der Waals surface area contributed by atoms with Crippen LogP contribution >= 0.6 is 0 Å². The van der Waals surface area contributed by atoms with Gasteiger partial charge < -0.3 is 16.2 Å². The summed E-state index contributed by atoms with van der Waals surface area (Å²) in [5, 5.41) is 14.1. The Morgan fingerprint density at radius 2 is 1.68 bits per heavy atom. The molecule has 0 saturated heterocycles. The molecule has 9 atom stereocenters. The molecule has 0 aromatic rings. The van der Waals surface area contributed by atoms with Crippen molar-refractivity contribution in [2.45, 2.75) is 119 Å². The van der Waals surface area contributed by atoms with Crippen molar-refractivity contribution in [2.75, 3.05) is 13.1 Å². The van der Waals surface area contributed by atoms with Crippen molar-refractivity contribution in [3.8, 4) is 0 Å². The van der Waals surface area contributed by atoms with Crippen LogP contribution in [0.3, 0.4) is 0 Å². The van der Waals surface area contributed by atoms with Crippen molar-refractivity contribution < 1.29 is 14.7 Å². The van der Waals surface area contributed by atoms with Crippen molar-refractivity contribution in [3.05, 3.63) is 11.6 Å². The molecule has 38 heavy (non-hydrogen) atoms. The Kier molecular flexibility index (Phi) is 6.63. The molecule has 5 heteroatoms. The van der Waals surface area contributed by atoms with E-state index in [1.165, 1.54) is 5.57 Å². The minimum absolute atomic E-state index is 0.00633. The van der Waals surface area contributed by atoms with Crippen LogP contribution < -0.4 is 11.1 Å². The van der Waals surface area contributed by atoms with Crippen LogP contribution in [0.5, 0.6) is 0 Å². The maximum atomic E-state index is 14.4. The molecule has 0 heterocycles. The smallest absolute Gasteiger partial charge is 0.225 e. The third-order valence-corrected chi connectivity index (χ3v) is 13.8. The second-order valence-corrected chi connectivity index (χ2v) is 16.0. The number of fused-ring (bicyclic) bond motifs is 7. The zero-order valence-corrected chi connectivity index (χ0v) is 25.2. The van der Waals surface area contributed by atoms with E-state index < -0.39 is 5.41 Å². The highest BCUT2D eigenvalue weighted by atomic mass is 16.3. The molecular formula is C33H54N2O3. The van der Waals surface area contributed by atoms with E-state index >= 15 is 0 Å². The summed E-state index contributed by atoms with van der Waals surface area (Å²) in [5.41, 5.74) is 6.34. The molecule has 0 radical (unpaired) electrons. The Hall–Kier alpha value is -1.20. The van der Waals surface area contributed by atoms with Crippen molar-refractivity contribution in [3.63, 3.8) is 0 Å². The fourth-order valence-electron chi connectivity index (χ4n) is 10.9. The van der Waals surface area contributed by atoms with Gasteiger partial charge in [0.15, 0.2) is 5.78 Å². The number of rotatable bonds is 4. The van der Waals surface area contributed by atoms with Crippen LogP contribution in [0.2, 0.25) is 0 Å². The molecule has 5 aliphatic carbocycles. The molecule has 5 rings (SSSR count). The average Bonchev–Trinajstić information content (AvgIpc) is 2.84. The number of allylic oxidation sites excluding steroid dienone is 2. The fourth-order valence-corrected chi connectivity index (χ4v) is 10.9. The molecule has 0 aromatic carbocycles. The summed E-state index contributed by atoms with van der Waals surface area (Å²) in [5.74, 6) is 1.08. The predicted octanol–water partition coefficient (Wildman–Crippen LogP) is 5.79. The van der Waals surface area contributed by atoms with Gasteiger partial charge in [0.2, 0.25) is 5.91 Å². The van der Waals surface area contributed by atoms with E-state index in [-0.39, 0.29) is 50.9 Å². The molecule has 4 saturated carbocycles. The predicted molar refractivity (Wildman–Crippen MR) is 152 cm³/mol. The number of nitrogens with one attached hydrogen (secondary N) is 1. The zero-order valence-electron chi connectivity index (χ0n) is 25.2. The maximum Gasteiger partial charge on any atom is 0.225 e. The fraction of sp³-hybridized carbons (Fsp3) is 0.879. The van der Waals surface area contributed by atoms with Gasteiger partial charge in [-0.25, -0.2) is 0 Å². The Balaban J connectivity index is 1.53. The van der Waals surface area contributed by atoms with E-state index in [0.29, 0.717) is 24.8 Å². The minimum Gasteiger partial charge on any atom is -0.393 e. The van der Waals surface area contributed by atoms with E-state index in [9.17, 15) is 14.7 Å². The second-order valence-electron chi connectivity index (χ2n) is 16.0. The van der Waals surface area contributed by atoms with Crippen LogP contribution in [0.25, 0.3) is 0 Å². The van der Waals surface area contributed by atoms with Crippen molar-refractivity contribution in [1.82, 2.24) is 5.32 Å². The lowest BCUT2D eigenvalue weighted by Gasteiger charge is -2.70. The first-order valence-corrected chi connectivity index (χ1v) is 15.5. The van der Waals surface area contributed by atoms with Crippen LogP contribution in [0.4, 0.5) is 0 Å². The van der Waals surface area contributed by atoms with Crippen molar-refractivity contribution in [2.24, 2.45) is 56.0 Å². The van der Waals surface area contributed by atoms with Gasteiger partial charge in [-0.3, -0.25) is 9.59 Å². The number of ketones is 1. The summed E-state index contributed by atoms with van der Waals surface area (Å²) >= 11 is 0. The second kappa shape index (κ2) is 8.90. The molecule has 0 aromatic heterocycles. The first-order valence-electron chi connectivity index (χ1n) is 15.5. The summed E-state index contributed by atoms with van der Waals surface area (Å²) in [7, 11) is 0. The van der Waals surface area contributed by atoms with Gasteiger partial charge in [0.25, 0.3) is 0 Å². The molecule has 5 nitrogen and oxygen atoms in total. The van der Waals surface area contributed by atoms with Crippen molar-refractivity contribution >= 4 is 11.7 Å². The molecule has 214 valence electrons. The molecule has 0 unspecified atom stereocenters. The highest BCUT2D eigenvalue weighted by molar-refractivity contribution is 5.95. The van der Waals surface area contributed by atoms with Gasteiger partial charge in [-0.2, -0.15) is 0 Å². The van der Waals surface area contributed by atoms with E-state index in [0.717, 1.165) is 64.2 Å². The summed E-state index contributed by atoms with van der Waals surface area (Å²) < 4.78 is 0. The first-order chi connectivity index (χ1) is 17.6. The number of carbonyl (C=O) groups is 2. The summed E-state index contributed by atoms with van der Waals surface area (Å²) in [4.78, 5) is 27.8. The van der Waals surface area contributed by atoms with Crippen LogP contribution in [-0.2, 0) is 9.59 Å². The molecule has 5 aliphatic rings. The Morgan fingerprint density at radius 1 is 1.00 bits per heavy atom. The molecule has 0 aliphatic heterocycles. The topological polar surface area (TPSA) is 92.4 Å². The third kappa shape index (κ3) is 3.69. The Morgan fingerprint density at radius 3 is 2.37 bits per heavy atom. The van der Waals surface area contributed by atoms with Crippen LogP contribution in [0, 0.1) is 50.2 Å². The molecule has 0 spiro atoms. The van der Waals surface area contributed by atoms with Crippen LogP contribution in [-0.4, -0.2) is 36.0 Å². The Bertz CT molecular complexity index is 1040. The van der Waals surface area contributed by atoms with Gasteiger partial charge in [-0.1, -0.05) is 54.0 Å². The SMILES string of the molecule is CC1(C)[C@@H](O)CC[C@]2(C)[C@H]3C(=O)C=C4[C@@H]5C[C@@](C)(C(=O)NCCCN)CC[C@]5(C)CC[C@@]4(C)[C@]3(C)CC[C@@H]12. The number of hydrogen-bond donors (Lipinski definition) is 3. The van der Waals surface area contributed by atoms with E-state index in [4.69, 9.17) is 5.73 Å². The van der Waals surface area contributed by atoms with Gasteiger partial charge in [0.1, 0.15) is 0 Å². The molecule has 1 amide bonds. The lowest BCUT2D eigenvalue weighted by Crippen LogP contribution is -2.66. The molecule has 4 N–H and O–H groups in total. The maximum absolute atomic E-state index is 14.4. The van der Waals surface area contributed by atoms with E-state index in [2.05, 4.69) is 59.9 Å². The number of aliphatic hydroxyl groups excluding tert-OH is 1. The van der Waals surface area contributed by atoms with Gasteiger partial charge >= 0.3 is 0 Å². The third-order valence-electron chi connectivity index (χ3n) is 13.8. The number of amides is 1. The number of aliphatic hydroxyl groups is 1. The van der Waals surface area contributed by atoms with Gasteiger partial charge in [-0.05, 0) is 116 Å². The molecule has 0 bridgehead atoms. The quantitative estimate of drug-likeness (QED) is 0.404. The molecule has 4 fully saturated rings. The monoisotopic (exact) mass is 526 g/mol. The van der Waals surface area contributed by atoms with Crippen molar-refractivity contribution in [1.29, 1.82) is 0 Å². The average molecular weight is 527 g/mol. The number of nitrogens with two attached hydrogens (primary N) is 1. The van der Waals surface area contributed by atoms with E-state index in [1.54, 1.807) is 0 Å². The number of hydrogen-bond acceptors (Lipinski definition) is 4.